The van der Waals surface area contributed by atoms with E-state index in [1.165, 1.54) is 38.5 Å². The molecular weight excluding hydrogens is 466 g/mol. The molecule has 0 radical (unpaired) electrons. The van der Waals surface area contributed by atoms with Gasteiger partial charge in [0.25, 0.3) is 0 Å². The van der Waals surface area contributed by atoms with E-state index in [1.807, 2.05) is 18.5 Å². The van der Waals surface area contributed by atoms with Gasteiger partial charge in [-0.3, -0.25) is 0 Å². The van der Waals surface area contributed by atoms with Gasteiger partial charge in [-0.2, -0.15) is 0 Å². The number of aldehydes is 1. The van der Waals surface area contributed by atoms with Crippen LogP contribution >= 0.6 is 0 Å². The van der Waals surface area contributed by atoms with Crippen LogP contribution in [0.15, 0.2) is 42.7 Å². The van der Waals surface area contributed by atoms with Gasteiger partial charge < -0.3 is 29.5 Å². The Bertz CT molecular complexity index is 1270. The number of likely N-dealkylation sites (tertiary alicyclic amines) is 1. The van der Waals surface area contributed by atoms with Crippen LogP contribution < -0.4 is 15.1 Å². The van der Waals surface area contributed by atoms with E-state index >= 15 is 0 Å². The van der Waals surface area contributed by atoms with Crippen molar-refractivity contribution in [3.05, 3.63) is 42.7 Å². The van der Waals surface area contributed by atoms with Crippen molar-refractivity contribution in [3.8, 4) is 0 Å². The third-order valence-electron chi connectivity index (χ3n) is 8.22. The van der Waals surface area contributed by atoms with Crippen LogP contribution in [0, 0.1) is 10.8 Å². The molecule has 1 unspecified atom stereocenters. The van der Waals surface area contributed by atoms with Crippen molar-refractivity contribution in [2.24, 2.45) is 10.8 Å². The summed E-state index contributed by atoms with van der Waals surface area (Å²) in [7, 11) is 2.24. The van der Waals surface area contributed by atoms with Crippen molar-refractivity contribution in [1.29, 1.82) is 0 Å². The Morgan fingerprint density at radius 3 is 2.41 bits per heavy atom. The molecule has 3 aromatic rings. The van der Waals surface area contributed by atoms with Crippen LogP contribution in [-0.4, -0.2) is 85.7 Å². The van der Waals surface area contributed by atoms with Gasteiger partial charge in [0, 0.05) is 49.7 Å². The van der Waals surface area contributed by atoms with E-state index in [0.29, 0.717) is 16.8 Å². The van der Waals surface area contributed by atoms with E-state index < -0.39 is 0 Å². The highest BCUT2D eigenvalue weighted by Gasteiger charge is 2.49. The highest BCUT2D eigenvalue weighted by molar-refractivity contribution is 5.91. The molecule has 9 heteroatoms. The van der Waals surface area contributed by atoms with Crippen molar-refractivity contribution in [3.63, 3.8) is 0 Å². The van der Waals surface area contributed by atoms with Gasteiger partial charge >= 0.3 is 0 Å². The number of ether oxygens (including phenoxy) is 1. The second-order valence-corrected chi connectivity index (χ2v) is 11.2. The second kappa shape index (κ2) is 9.54. The smallest absolute Gasteiger partial charge is 0.228 e. The molecule has 6 heterocycles. The van der Waals surface area contributed by atoms with Gasteiger partial charge in [0.2, 0.25) is 5.95 Å². The number of carbonyl (C=O) groups is 1. The molecular formula is C28H35N7O2. The zero-order chi connectivity index (χ0) is 25.5. The lowest BCUT2D eigenvalue weighted by Crippen LogP contribution is -2.66. The predicted molar refractivity (Wildman–Crippen MR) is 146 cm³/mol. The molecule has 2 spiro atoms. The molecule has 194 valence electrons. The Morgan fingerprint density at radius 1 is 0.946 bits per heavy atom. The number of pyridine rings is 1. The summed E-state index contributed by atoms with van der Waals surface area (Å²) in [4.78, 5) is 30.3. The van der Waals surface area contributed by atoms with Crippen molar-refractivity contribution in [2.75, 3.05) is 74.6 Å². The van der Waals surface area contributed by atoms with Gasteiger partial charge in [-0.1, -0.05) is 12.1 Å². The predicted octanol–water partition coefficient (Wildman–Crippen LogP) is 3.34. The van der Waals surface area contributed by atoms with E-state index in [4.69, 9.17) is 14.5 Å². The lowest BCUT2D eigenvalue weighted by atomic mass is 9.78. The second-order valence-electron chi connectivity index (χ2n) is 11.2. The third kappa shape index (κ3) is 4.62. The van der Waals surface area contributed by atoms with Crippen molar-refractivity contribution in [1.82, 2.24) is 19.9 Å². The fourth-order valence-electron chi connectivity index (χ4n) is 6.27. The van der Waals surface area contributed by atoms with Gasteiger partial charge in [0.15, 0.2) is 0 Å². The van der Waals surface area contributed by atoms with Crippen LogP contribution in [0.3, 0.4) is 0 Å². The first-order valence-electron chi connectivity index (χ1n) is 13.2. The number of para-hydroxylation sites is 1. The molecule has 2 aromatic heterocycles. The van der Waals surface area contributed by atoms with E-state index in [9.17, 15) is 0 Å². The monoisotopic (exact) mass is 501 g/mol. The largest absolute Gasteiger partial charge is 0.380 e. The Kier molecular flexibility index (Phi) is 6.20. The first kappa shape index (κ1) is 24.1. The first-order valence-corrected chi connectivity index (χ1v) is 13.2. The number of carbonyl (C=O) groups excluding carboxylic acids is 1. The molecule has 7 rings (SSSR count). The van der Waals surface area contributed by atoms with Crippen LogP contribution in [0.4, 0.5) is 23.1 Å². The number of aromatic nitrogens is 3. The summed E-state index contributed by atoms with van der Waals surface area (Å²) in [5.41, 5.74) is 4.21. The lowest BCUT2D eigenvalue weighted by Gasteiger charge is -2.55. The van der Waals surface area contributed by atoms with E-state index in [0.717, 1.165) is 68.1 Å². The SMILES string of the molecule is CC=O.CN1CCC2(CCN(c3cccc4cnc(Nc5ccc(N6CC7(COC7)C6)cn5)nc34)C2)C1. The number of nitrogens with zero attached hydrogens (tertiary/aromatic N) is 6. The van der Waals surface area contributed by atoms with Crippen LogP contribution in [0.1, 0.15) is 19.8 Å². The summed E-state index contributed by atoms with van der Waals surface area (Å²) in [6, 6.07) is 10.6. The summed E-state index contributed by atoms with van der Waals surface area (Å²) in [5.74, 6) is 1.35. The van der Waals surface area contributed by atoms with Gasteiger partial charge in [0.05, 0.1) is 41.7 Å². The number of anilines is 4. The zero-order valence-electron chi connectivity index (χ0n) is 21.7. The molecule has 4 aliphatic rings. The fraction of sp³-hybridized carbons (Fsp3) is 0.500. The van der Waals surface area contributed by atoms with Crippen LogP contribution in [0.2, 0.25) is 0 Å². The van der Waals surface area contributed by atoms with Crippen molar-refractivity contribution in [2.45, 2.75) is 19.8 Å². The highest BCUT2D eigenvalue weighted by atomic mass is 16.5. The minimum absolute atomic E-state index is 0.399. The average molecular weight is 502 g/mol. The zero-order valence-corrected chi connectivity index (χ0v) is 21.7. The number of nitrogens with one attached hydrogen (secondary N) is 1. The maximum Gasteiger partial charge on any atom is 0.228 e. The molecule has 0 aliphatic carbocycles. The van der Waals surface area contributed by atoms with E-state index in [2.05, 4.69) is 61.3 Å². The molecule has 0 saturated carbocycles. The lowest BCUT2D eigenvalue weighted by molar-refractivity contribution is -0.127. The van der Waals surface area contributed by atoms with Gasteiger partial charge in [-0.05, 0) is 51.6 Å². The molecule has 0 amide bonds. The molecule has 1 N–H and O–H groups in total. The third-order valence-corrected chi connectivity index (χ3v) is 8.22. The maximum absolute atomic E-state index is 8.81. The molecule has 4 aliphatic heterocycles. The van der Waals surface area contributed by atoms with Crippen LogP contribution in [-0.2, 0) is 9.53 Å². The number of hydrogen-bond acceptors (Lipinski definition) is 9. The topological polar surface area (TPSA) is 86.7 Å². The number of benzene rings is 1. The van der Waals surface area contributed by atoms with E-state index in [-0.39, 0.29) is 0 Å². The Balaban J connectivity index is 0.000000804. The summed E-state index contributed by atoms with van der Waals surface area (Å²) >= 11 is 0. The van der Waals surface area contributed by atoms with Gasteiger partial charge in [-0.15, -0.1) is 0 Å². The molecule has 9 nitrogen and oxygen atoms in total. The molecule has 4 saturated heterocycles. The number of rotatable bonds is 4. The fourth-order valence-corrected chi connectivity index (χ4v) is 6.27. The summed E-state index contributed by atoms with van der Waals surface area (Å²) in [6.07, 6.45) is 7.15. The highest BCUT2D eigenvalue weighted by Crippen LogP contribution is 2.42. The van der Waals surface area contributed by atoms with Gasteiger partial charge in [-0.25, -0.2) is 15.0 Å². The quantitative estimate of drug-likeness (QED) is 0.541. The summed E-state index contributed by atoms with van der Waals surface area (Å²) < 4.78 is 5.38. The molecule has 1 atom stereocenters. The Morgan fingerprint density at radius 2 is 1.73 bits per heavy atom. The Hall–Kier alpha value is -3.30. The van der Waals surface area contributed by atoms with Gasteiger partial charge in [0.1, 0.15) is 12.1 Å². The standard InChI is InChI=1S/C26H31N7O.C2H4O/c1-31-9-7-25(13-31)8-10-32(14-25)21-4-2-3-19-11-28-24(30-23(19)21)29-22-6-5-20(12-27-22)33-15-26(16-33)17-34-18-26;1-2-3/h2-6,11-12H,7-10,13-18H2,1H3,(H,27,28,29,30);2H,1H3. The first-order chi connectivity index (χ1) is 18.0. The van der Waals surface area contributed by atoms with Crippen LogP contribution in [0.5, 0.6) is 0 Å². The molecule has 1 aromatic carbocycles. The Labute approximate surface area is 217 Å². The minimum Gasteiger partial charge on any atom is -0.380 e. The molecule has 0 bridgehead atoms. The van der Waals surface area contributed by atoms with Crippen LogP contribution in [0.25, 0.3) is 10.9 Å². The van der Waals surface area contributed by atoms with Crippen molar-refractivity contribution >= 4 is 40.3 Å². The number of fused-ring (bicyclic) bond motifs is 1. The average Bonchev–Trinajstić information content (AvgIpc) is 3.43. The summed E-state index contributed by atoms with van der Waals surface area (Å²) in [6.45, 7) is 9.96. The normalized spacial score (nSPS) is 24.1. The molecule has 4 fully saturated rings. The number of hydrogen-bond donors (Lipinski definition) is 1. The summed E-state index contributed by atoms with van der Waals surface area (Å²) in [5, 5.41) is 4.38. The van der Waals surface area contributed by atoms with E-state index in [1.54, 1.807) is 0 Å². The van der Waals surface area contributed by atoms with Crippen molar-refractivity contribution < 1.29 is 9.53 Å². The maximum atomic E-state index is 8.81. The molecule has 37 heavy (non-hydrogen) atoms. The minimum atomic E-state index is 0.399.